The summed E-state index contributed by atoms with van der Waals surface area (Å²) in [5.74, 6) is -0.382. The molecule has 1 saturated heterocycles. The van der Waals surface area contributed by atoms with Crippen molar-refractivity contribution in [3.63, 3.8) is 0 Å². The van der Waals surface area contributed by atoms with E-state index < -0.39 is 0 Å². The number of ether oxygens (including phenoxy) is 1. The van der Waals surface area contributed by atoms with Gasteiger partial charge in [0.05, 0.1) is 13.2 Å². The Morgan fingerprint density at radius 3 is 2.83 bits per heavy atom. The van der Waals surface area contributed by atoms with Crippen LogP contribution < -0.4 is 5.32 Å². The lowest BCUT2D eigenvalue weighted by Crippen LogP contribution is -2.38. The van der Waals surface area contributed by atoms with Gasteiger partial charge in [-0.1, -0.05) is 0 Å². The highest BCUT2D eigenvalue weighted by molar-refractivity contribution is 5.85. The zero-order chi connectivity index (χ0) is 13.4. The molecule has 6 heteroatoms. The van der Waals surface area contributed by atoms with Crippen LogP contribution in [-0.4, -0.2) is 48.9 Å². The zero-order valence-electron chi connectivity index (χ0n) is 10.7. The standard InChI is InChI=1S/C12H20N2O4/c1-2-18-12(17)6-3-7-13-10(15)9-14-8-4-5-11(14)16/h2-9H2,1H3,(H,13,15). The summed E-state index contributed by atoms with van der Waals surface area (Å²) < 4.78 is 4.77. The van der Waals surface area contributed by atoms with Gasteiger partial charge in [-0.15, -0.1) is 0 Å². The first-order valence-corrected chi connectivity index (χ1v) is 6.33. The van der Waals surface area contributed by atoms with Crippen molar-refractivity contribution in [3.8, 4) is 0 Å². The summed E-state index contributed by atoms with van der Waals surface area (Å²) in [7, 11) is 0. The number of hydrogen-bond donors (Lipinski definition) is 1. The Kier molecular flexibility index (Phi) is 6.18. The van der Waals surface area contributed by atoms with Crippen LogP contribution in [0.5, 0.6) is 0 Å². The summed E-state index contributed by atoms with van der Waals surface area (Å²) in [5.41, 5.74) is 0. The number of nitrogens with zero attached hydrogens (tertiary/aromatic N) is 1. The van der Waals surface area contributed by atoms with E-state index in [2.05, 4.69) is 5.32 Å². The maximum atomic E-state index is 11.5. The third-order valence-electron chi connectivity index (χ3n) is 2.69. The first-order chi connectivity index (χ1) is 8.63. The molecular weight excluding hydrogens is 236 g/mol. The molecule has 0 spiro atoms. The second-order valence-corrected chi connectivity index (χ2v) is 4.18. The minimum absolute atomic E-state index is 0.0386. The number of carbonyl (C=O) groups excluding carboxylic acids is 3. The van der Waals surface area contributed by atoms with Crippen molar-refractivity contribution in [2.75, 3.05) is 26.2 Å². The van der Waals surface area contributed by atoms with Gasteiger partial charge in [-0.3, -0.25) is 14.4 Å². The number of nitrogens with one attached hydrogen (secondary N) is 1. The van der Waals surface area contributed by atoms with Gasteiger partial charge in [0.1, 0.15) is 0 Å². The molecule has 1 rings (SSSR count). The zero-order valence-corrected chi connectivity index (χ0v) is 10.7. The number of hydrogen-bond acceptors (Lipinski definition) is 4. The normalized spacial score (nSPS) is 14.7. The Balaban J connectivity index is 2.06. The predicted octanol–water partition coefficient (Wildman–Crippen LogP) is 0.0683. The van der Waals surface area contributed by atoms with Gasteiger partial charge in [0, 0.05) is 25.9 Å². The van der Waals surface area contributed by atoms with Gasteiger partial charge in [0.15, 0.2) is 0 Å². The molecule has 1 aliphatic heterocycles. The molecule has 1 fully saturated rings. The van der Waals surface area contributed by atoms with Crippen molar-refractivity contribution < 1.29 is 19.1 Å². The molecule has 18 heavy (non-hydrogen) atoms. The molecule has 0 unspecified atom stereocenters. The third-order valence-corrected chi connectivity index (χ3v) is 2.69. The average Bonchev–Trinajstić information content (AvgIpc) is 2.71. The van der Waals surface area contributed by atoms with E-state index in [0.29, 0.717) is 39.0 Å². The molecule has 0 bridgehead atoms. The highest BCUT2D eigenvalue weighted by Gasteiger charge is 2.21. The Hall–Kier alpha value is -1.59. The van der Waals surface area contributed by atoms with Crippen molar-refractivity contribution in [2.45, 2.75) is 32.6 Å². The average molecular weight is 256 g/mol. The topological polar surface area (TPSA) is 75.7 Å². The molecular formula is C12H20N2O4. The molecule has 0 atom stereocenters. The Morgan fingerprint density at radius 1 is 1.44 bits per heavy atom. The van der Waals surface area contributed by atoms with Crippen LogP contribution in [0.1, 0.15) is 32.6 Å². The van der Waals surface area contributed by atoms with Crippen molar-refractivity contribution in [2.24, 2.45) is 0 Å². The maximum Gasteiger partial charge on any atom is 0.305 e. The van der Waals surface area contributed by atoms with E-state index >= 15 is 0 Å². The van der Waals surface area contributed by atoms with Gasteiger partial charge >= 0.3 is 5.97 Å². The molecule has 0 radical (unpaired) electrons. The molecule has 1 N–H and O–H groups in total. The maximum absolute atomic E-state index is 11.5. The second-order valence-electron chi connectivity index (χ2n) is 4.18. The lowest BCUT2D eigenvalue weighted by Gasteiger charge is -2.14. The fourth-order valence-electron chi connectivity index (χ4n) is 1.79. The minimum Gasteiger partial charge on any atom is -0.466 e. The summed E-state index contributed by atoms with van der Waals surface area (Å²) in [5, 5.41) is 2.69. The summed E-state index contributed by atoms with van der Waals surface area (Å²) >= 11 is 0. The van der Waals surface area contributed by atoms with E-state index in [-0.39, 0.29) is 24.3 Å². The molecule has 1 aliphatic rings. The number of esters is 1. The molecule has 0 aliphatic carbocycles. The first kappa shape index (κ1) is 14.5. The van der Waals surface area contributed by atoms with Crippen LogP contribution in [0.2, 0.25) is 0 Å². The van der Waals surface area contributed by atoms with Gasteiger partial charge in [0.2, 0.25) is 11.8 Å². The summed E-state index contributed by atoms with van der Waals surface area (Å²) in [4.78, 5) is 35.4. The van der Waals surface area contributed by atoms with Crippen molar-refractivity contribution >= 4 is 17.8 Å². The van der Waals surface area contributed by atoms with E-state index in [1.165, 1.54) is 0 Å². The Bertz CT molecular complexity index is 317. The molecule has 1 heterocycles. The fourth-order valence-corrected chi connectivity index (χ4v) is 1.79. The van der Waals surface area contributed by atoms with E-state index in [4.69, 9.17) is 4.74 Å². The Morgan fingerprint density at radius 2 is 2.22 bits per heavy atom. The minimum atomic E-state index is -0.249. The highest BCUT2D eigenvalue weighted by Crippen LogP contribution is 2.08. The SMILES string of the molecule is CCOC(=O)CCCNC(=O)CN1CCCC1=O. The van der Waals surface area contributed by atoms with E-state index in [1.807, 2.05) is 0 Å². The predicted molar refractivity (Wildman–Crippen MR) is 64.7 cm³/mol. The monoisotopic (exact) mass is 256 g/mol. The number of amides is 2. The third kappa shape index (κ3) is 5.16. The van der Waals surface area contributed by atoms with Crippen molar-refractivity contribution in [1.82, 2.24) is 10.2 Å². The van der Waals surface area contributed by atoms with Crippen LogP contribution in [0.15, 0.2) is 0 Å². The largest absolute Gasteiger partial charge is 0.466 e. The van der Waals surface area contributed by atoms with E-state index in [1.54, 1.807) is 11.8 Å². The van der Waals surface area contributed by atoms with Crippen LogP contribution in [0, 0.1) is 0 Å². The second kappa shape index (κ2) is 7.68. The van der Waals surface area contributed by atoms with Crippen LogP contribution in [0.3, 0.4) is 0 Å². The van der Waals surface area contributed by atoms with E-state index in [9.17, 15) is 14.4 Å². The molecule has 0 saturated carbocycles. The Labute approximate surface area is 107 Å². The number of carbonyl (C=O) groups is 3. The van der Waals surface area contributed by atoms with Crippen molar-refractivity contribution in [1.29, 1.82) is 0 Å². The van der Waals surface area contributed by atoms with Crippen molar-refractivity contribution in [3.05, 3.63) is 0 Å². The van der Waals surface area contributed by atoms with Crippen LogP contribution in [0.4, 0.5) is 0 Å². The summed E-state index contributed by atoms with van der Waals surface area (Å²) in [6.45, 7) is 3.35. The summed E-state index contributed by atoms with van der Waals surface area (Å²) in [6, 6.07) is 0. The van der Waals surface area contributed by atoms with Crippen LogP contribution >= 0.6 is 0 Å². The number of rotatable bonds is 7. The first-order valence-electron chi connectivity index (χ1n) is 6.33. The van der Waals surface area contributed by atoms with Gasteiger partial charge in [0.25, 0.3) is 0 Å². The lowest BCUT2D eigenvalue weighted by molar-refractivity contribution is -0.143. The van der Waals surface area contributed by atoms with Crippen LogP contribution in [0.25, 0.3) is 0 Å². The van der Waals surface area contributed by atoms with E-state index in [0.717, 1.165) is 6.42 Å². The highest BCUT2D eigenvalue weighted by atomic mass is 16.5. The fraction of sp³-hybridized carbons (Fsp3) is 0.750. The molecule has 0 aromatic rings. The van der Waals surface area contributed by atoms with Gasteiger partial charge in [-0.2, -0.15) is 0 Å². The van der Waals surface area contributed by atoms with Crippen LogP contribution in [-0.2, 0) is 19.1 Å². The molecule has 0 aromatic carbocycles. The lowest BCUT2D eigenvalue weighted by atomic mass is 10.3. The smallest absolute Gasteiger partial charge is 0.305 e. The van der Waals surface area contributed by atoms with Gasteiger partial charge < -0.3 is 15.0 Å². The summed E-state index contributed by atoms with van der Waals surface area (Å²) in [6.07, 6.45) is 2.22. The van der Waals surface area contributed by atoms with Gasteiger partial charge in [-0.05, 0) is 19.8 Å². The number of likely N-dealkylation sites (tertiary alicyclic amines) is 1. The molecule has 6 nitrogen and oxygen atoms in total. The quantitative estimate of drug-likeness (QED) is 0.516. The molecule has 0 aromatic heterocycles. The molecule has 2 amide bonds. The van der Waals surface area contributed by atoms with Gasteiger partial charge in [-0.25, -0.2) is 0 Å². The molecule has 102 valence electrons.